The number of thiophene rings is 1. The molecule has 0 amide bonds. The van der Waals surface area contributed by atoms with Crippen molar-refractivity contribution in [2.45, 2.75) is 62.8 Å². The molecular formula is C20H34N4O3S2. The van der Waals surface area contributed by atoms with Crippen LogP contribution in [0, 0.1) is 0 Å². The first-order chi connectivity index (χ1) is 14.0. The number of ether oxygens (including phenoxy) is 1. The van der Waals surface area contributed by atoms with Crippen molar-refractivity contribution < 1.29 is 13.2 Å². The van der Waals surface area contributed by atoms with Gasteiger partial charge in [0.1, 0.15) is 4.21 Å². The van der Waals surface area contributed by atoms with E-state index < -0.39 is 10.0 Å². The van der Waals surface area contributed by atoms with E-state index in [1.165, 1.54) is 11.3 Å². The van der Waals surface area contributed by atoms with Gasteiger partial charge < -0.3 is 15.0 Å². The number of hydrogen-bond acceptors (Lipinski definition) is 5. The number of guanidine groups is 1. The average molecular weight is 443 g/mol. The molecule has 0 atom stereocenters. The third-order valence-corrected chi connectivity index (χ3v) is 8.85. The lowest BCUT2D eigenvalue weighted by Crippen LogP contribution is -2.47. The highest BCUT2D eigenvalue weighted by molar-refractivity contribution is 7.91. The second-order valence-corrected chi connectivity index (χ2v) is 10.8. The van der Waals surface area contributed by atoms with Crippen LogP contribution in [0.1, 0.15) is 50.8 Å². The molecule has 164 valence electrons. The van der Waals surface area contributed by atoms with Crippen molar-refractivity contribution >= 4 is 27.3 Å². The quantitative estimate of drug-likeness (QED) is 0.519. The highest BCUT2D eigenvalue weighted by atomic mass is 32.2. The Morgan fingerprint density at radius 2 is 1.90 bits per heavy atom. The van der Waals surface area contributed by atoms with Crippen molar-refractivity contribution in [3.05, 3.63) is 17.0 Å². The molecule has 3 heterocycles. The van der Waals surface area contributed by atoms with Gasteiger partial charge in [-0.25, -0.2) is 13.4 Å². The first kappa shape index (κ1) is 22.5. The van der Waals surface area contributed by atoms with Crippen LogP contribution < -0.4 is 5.32 Å². The topological polar surface area (TPSA) is 74.2 Å². The van der Waals surface area contributed by atoms with Crippen molar-refractivity contribution in [1.82, 2.24) is 14.5 Å². The van der Waals surface area contributed by atoms with E-state index in [1.807, 2.05) is 13.0 Å². The number of hydrogen-bond donors (Lipinski definition) is 1. The zero-order chi connectivity index (χ0) is 20.7. The fourth-order valence-corrected chi connectivity index (χ4v) is 6.81. The van der Waals surface area contributed by atoms with Crippen LogP contribution >= 0.6 is 11.3 Å². The third-order valence-electron chi connectivity index (χ3n) is 5.41. The fraction of sp³-hybridized carbons (Fsp3) is 0.750. The van der Waals surface area contributed by atoms with Crippen LogP contribution in [-0.4, -0.2) is 69.0 Å². The maximum Gasteiger partial charge on any atom is 0.252 e. The number of likely N-dealkylation sites (tertiary alicyclic amines) is 1. The molecule has 1 aromatic rings. The third kappa shape index (κ3) is 5.93. The van der Waals surface area contributed by atoms with E-state index in [0.29, 0.717) is 29.9 Å². The van der Waals surface area contributed by atoms with Gasteiger partial charge in [0.2, 0.25) is 0 Å². The van der Waals surface area contributed by atoms with Crippen molar-refractivity contribution in [3.8, 4) is 0 Å². The molecule has 9 heteroatoms. The van der Waals surface area contributed by atoms with Crippen molar-refractivity contribution in [3.63, 3.8) is 0 Å². The molecule has 3 rings (SSSR count). The molecule has 29 heavy (non-hydrogen) atoms. The molecule has 1 N–H and O–H groups in total. The number of sulfonamides is 1. The lowest BCUT2D eigenvalue weighted by Gasteiger charge is -2.34. The van der Waals surface area contributed by atoms with Crippen LogP contribution in [0.2, 0.25) is 0 Å². The molecule has 0 radical (unpaired) electrons. The molecule has 2 aliphatic heterocycles. The molecule has 0 aliphatic carbocycles. The summed E-state index contributed by atoms with van der Waals surface area (Å²) in [7, 11) is -3.36. The van der Waals surface area contributed by atoms with Gasteiger partial charge in [0, 0.05) is 44.2 Å². The Hall–Kier alpha value is -1.16. The molecule has 0 spiro atoms. The van der Waals surface area contributed by atoms with E-state index in [0.717, 1.165) is 69.2 Å². The van der Waals surface area contributed by atoms with E-state index in [9.17, 15) is 8.42 Å². The monoisotopic (exact) mass is 442 g/mol. The molecule has 0 bridgehead atoms. The highest BCUT2D eigenvalue weighted by Gasteiger charge is 2.27. The highest BCUT2D eigenvalue weighted by Crippen LogP contribution is 2.27. The van der Waals surface area contributed by atoms with Gasteiger partial charge in [-0.1, -0.05) is 6.42 Å². The number of nitrogens with zero attached hydrogens (tertiary/aromatic N) is 3. The summed E-state index contributed by atoms with van der Waals surface area (Å²) in [5, 5.41) is 3.37. The second-order valence-electron chi connectivity index (χ2n) is 7.50. The van der Waals surface area contributed by atoms with Gasteiger partial charge in [0.25, 0.3) is 10.0 Å². The molecule has 2 aliphatic rings. The Balaban J connectivity index is 1.63. The summed E-state index contributed by atoms with van der Waals surface area (Å²) in [6, 6.07) is 3.63. The number of piperidine rings is 2. The van der Waals surface area contributed by atoms with Gasteiger partial charge in [0.05, 0.1) is 12.6 Å². The smallest absolute Gasteiger partial charge is 0.252 e. The predicted octanol–water partition coefficient (Wildman–Crippen LogP) is 2.89. The molecule has 0 saturated carbocycles. The molecular weight excluding hydrogens is 408 g/mol. The maximum atomic E-state index is 12.8. The normalized spacial score (nSPS) is 20.2. The zero-order valence-electron chi connectivity index (χ0n) is 17.6. The van der Waals surface area contributed by atoms with Crippen LogP contribution in [0.25, 0.3) is 0 Å². The summed E-state index contributed by atoms with van der Waals surface area (Å²) in [6.45, 7) is 9.30. The minimum Gasteiger partial charge on any atom is -0.378 e. The van der Waals surface area contributed by atoms with Gasteiger partial charge in [-0.05, 0) is 51.7 Å². The first-order valence-corrected chi connectivity index (χ1v) is 13.0. The second kappa shape index (κ2) is 10.7. The number of aliphatic imine (C=N–C) groups is 1. The van der Waals surface area contributed by atoms with Crippen LogP contribution in [0.4, 0.5) is 0 Å². The molecule has 2 fully saturated rings. The minimum atomic E-state index is -3.36. The Kier molecular flexibility index (Phi) is 8.35. The average Bonchev–Trinajstić information content (AvgIpc) is 3.23. The minimum absolute atomic E-state index is 0.346. The predicted molar refractivity (Wildman–Crippen MR) is 118 cm³/mol. The summed E-state index contributed by atoms with van der Waals surface area (Å²) < 4.78 is 33.5. The Labute approximate surface area is 179 Å². The zero-order valence-corrected chi connectivity index (χ0v) is 19.2. The fourth-order valence-electron chi connectivity index (χ4n) is 3.86. The van der Waals surface area contributed by atoms with Gasteiger partial charge in [-0.2, -0.15) is 4.31 Å². The van der Waals surface area contributed by atoms with Crippen molar-refractivity contribution in [1.29, 1.82) is 0 Å². The largest absolute Gasteiger partial charge is 0.378 e. The van der Waals surface area contributed by atoms with Gasteiger partial charge in [-0.15, -0.1) is 11.3 Å². The van der Waals surface area contributed by atoms with Crippen LogP contribution in [0.15, 0.2) is 21.3 Å². The van der Waals surface area contributed by atoms with E-state index in [2.05, 4.69) is 17.1 Å². The van der Waals surface area contributed by atoms with Gasteiger partial charge in [-0.3, -0.25) is 0 Å². The molecule has 0 aromatic carbocycles. The summed E-state index contributed by atoms with van der Waals surface area (Å²) >= 11 is 1.34. The molecule has 7 nitrogen and oxygen atoms in total. The summed E-state index contributed by atoms with van der Waals surface area (Å²) in [4.78, 5) is 8.03. The molecule has 2 saturated heterocycles. The SMILES string of the molecule is CCNC(=NCc1ccc(S(=O)(=O)N2CCCCC2)s1)N1CCC(OCC)CC1. The van der Waals surface area contributed by atoms with Crippen LogP contribution in [0.3, 0.4) is 0 Å². The molecule has 1 aromatic heterocycles. The van der Waals surface area contributed by atoms with Crippen molar-refractivity contribution in [2.75, 3.05) is 39.3 Å². The summed E-state index contributed by atoms with van der Waals surface area (Å²) in [5.74, 6) is 0.899. The Morgan fingerprint density at radius 1 is 1.17 bits per heavy atom. The van der Waals surface area contributed by atoms with E-state index in [1.54, 1.807) is 10.4 Å². The summed E-state index contributed by atoms with van der Waals surface area (Å²) in [5.41, 5.74) is 0. The van der Waals surface area contributed by atoms with E-state index in [-0.39, 0.29) is 0 Å². The number of nitrogens with one attached hydrogen (secondary N) is 1. The van der Waals surface area contributed by atoms with Gasteiger partial charge >= 0.3 is 0 Å². The van der Waals surface area contributed by atoms with Crippen LogP contribution in [0.5, 0.6) is 0 Å². The van der Waals surface area contributed by atoms with E-state index in [4.69, 9.17) is 9.73 Å². The Bertz CT molecular complexity index is 764. The maximum absolute atomic E-state index is 12.8. The van der Waals surface area contributed by atoms with Gasteiger partial charge in [0.15, 0.2) is 5.96 Å². The first-order valence-electron chi connectivity index (χ1n) is 10.8. The van der Waals surface area contributed by atoms with Crippen molar-refractivity contribution in [2.24, 2.45) is 4.99 Å². The summed E-state index contributed by atoms with van der Waals surface area (Å²) in [6.07, 6.45) is 5.39. The molecule has 0 unspecified atom stereocenters. The van der Waals surface area contributed by atoms with Crippen LogP contribution in [-0.2, 0) is 21.3 Å². The number of rotatable bonds is 7. The Morgan fingerprint density at radius 3 is 2.55 bits per heavy atom. The van der Waals surface area contributed by atoms with E-state index >= 15 is 0 Å². The standard InChI is InChI=1S/C20H34N4O3S2/c1-3-21-20(23-14-10-17(11-15-23)27-4-2)22-16-18-8-9-19(28-18)29(25,26)24-12-6-5-7-13-24/h8-9,17H,3-7,10-16H2,1-2H3,(H,21,22). The lowest BCUT2D eigenvalue weighted by molar-refractivity contribution is 0.0263. The lowest BCUT2D eigenvalue weighted by atomic mass is 10.1.